The van der Waals surface area contributed by atoms with Crippen LogP contribution in [-0.2, 0) is 11.8 Å². The molecular weight excluding hydrogens is 410 g/mol. The van der Waals surface area contributed by atoms with Crippen molar-refractivity contribution in [1.29, 1.82) is 0 Å². The minimum Gasteiger partial charge on any atom is -0.246 e. The molecule has 4 bridgehead atoms. The van der Waals surface area contributed by atoms with Gasteiger partial charge in [-0.25, -0.2) is 23.5 Å². The second kappa shape index (κ2) is 4.35. The molecule has 3 heterocycles. The Kier molecular flexibility index (Phi) is 2.30. The molecule has 33 heavy (non-hydrogen) atoms. The smallest absolute Gasteiger partial charge is 0.246 e. The van der Waals surface area contributed by atoms with Gasteiger partial charge in [0.25, 0.3) is 0 Å². The molecule has 1 aromatic heterocycles. The number of aromatic nitrogens is 3. The molecule has 5 heteroatoms. The van der Waals surface area contributed by atoms with Gasteiger partial charge in [-0.1, -0.05) is 45.0 Å². The first-order chi connectivity index (χ1) is 15.8. The highest BCUT2D eigenvalue weighted by Crippen LogP contribution is 3.03. The summed E-state index contributed by atoms with van der Waals surface area (Å²) < 4.78 is 5.84. The van der Waals surface area contributed by atoms with Gasteiger partial charge in [0.1, 0.15) is 0 Å². The Labute approximate surface area is 192 Å². The summed E-state index contributed by atoms with van der Waals surface area (Å²) in [5.74, 6) is 3.49. The highest BCUT2D eigenvalue weighted by atomic mass is 16.2. The molecule has 5 nitrogen and oxygen atoms in total. The SMILES string of the molecule is CC1(C)[C@H]2CC[C@@]1(C)[C@H](n1c(=O)n3n(c1=O)[C@@H]1[C@@H]4[C@H]5[C@H]6[C@@H]4[C@@]14c1ccccc1CC[C@]64[C@@H]53)C2. The van der Waals surface area contributed by atoms with E-state index in [-0.39, 0.29) is 51.2 Å². The van der Waals surface area contributed by atoms with Crippen molar-refractivity contribution in [3.63, 3.8) is 0 Å². The van der Waals surface area contributed by atoms with Crippen LogP contribution in [0.5, 0.6) is 0 Å². The lowest BCUT2D eigenvalue weighted by atomic mass is 9.04. The molecular formula is C28H31N3O2. The first kappa shape index (κ1) is 17.4. The molecule has 9 aliphatic rings. The number of fused-ring (bicyclic) bond motifs is 3. The van der Waals surface area contributed by atoms with Crippen LogP contribution in [0.3, 0.4) is 0 Å². The third-order valence-corrected chi connectivity index (χ3v) is 14.2. The number of nitrogens with zero attached hydrogens (tertiary/aromatic N) is 3. The lowest BCUT2D eigenvalue weighted by Gasteiger charge is -3.02. The Morgan fingerprint density at radius 1 is 0.909 bits per heavy atom. The average Bonchev–Trinajstić information content (AvgIpc) is 3.24. The zero-order chi connectivity index (χ0) is 22.0. The van der Waals surface area contributed by atoms with Crippen LogP contribution in [-0.4, -0.2) is 13.9 Å². The van der Waals surface area contributed by atoms with Gasteiger partial charge in [0.05, 0.1) is 12.1 Å². The van der Waals surface area contributed by atoms with E-state index in [4.69, 9.17) is 0 Å². The normalized spacial score (nSPS) is 55.4. The summed E-state index contributed by atoms with van der Waals surface area (Å²) >= 11 is 0. The van der Waals surface area contributed by atoms with E-state index in [1.807, 2.05) is 9.36 Å². The molecule has 2 spiro atoms. The Hall–Kier alpha value is -2.04. The van der Waals surface area contributed by atoms with Crippen LogP contribution >= 0.6 is 0 Å². The van der Waals surface area contributed by atoms with E-state index in [2.05, 4.69) is 45.0 Å². The van der Waals surface area contributed by atoms with E-state index in [1.165, 1.54) is 24.0 Å². The third-order valence-electron chi connectivity index (χ3n) is 14.2. The molecule has 170 valence electrons. The highest BCUT2D eigenvalue weighted by molar-refractivity contribution is 5.61. The Morgan fingerprint density at radius 3 is 2.36 bits per heavy atom. The monoisotopic (exact) mass is 441 g/mol. The lowest BCUT2D eigenvalue weighted by molar-refractivity contribution is -0.522. The van der Waals surface area contributed by atoms with Crippen molar-refractivity contribution >= 4 is 0 Å². The summed E-state index contributed by atoms with van der Waals surface area (Å²) in [4.78, 5) is 28.4. The largest absolute Gasteiger partial charge is 0.347 e. The van der Waals surface area contributed by atoms with E-state index >= 15 is 0 Å². The number of aryl methyl sites for hydroxylation is 1. The number of benzene rings is 1. The minimum atomic E-state index is 0.0165. The number of hydrogen-bond acceptors (Lipinski definition) is 2. The van der Waals surface area contributed by atoms with Gasteiger partial charge in [0.15, 0.2) is 0 Å². The quantitative estimate of drug-likeness (QED) is 0.678. The summed E-state index contributed by atoms with van der Waals surface area (Å²) in [6.45, 7) is 7.12. The summed E-state index contributed by atoms with van der Waals surface area (Å²) in [6.07, 6.45) is 5.71. The third kappa shape index (κ3) is 1.18. The van der Waals surface area contributed by atoms with E-state index in [1.54, 1.807) is 4.57 Å². The van der Waals surface area contributed by atoms with Gasteiger partial charge in [0.2, 0.25) is 0 Å². The predicted molar refractivity (Wildman–Crippen MR) is 122 cm³/mol. The standard InChI is InChI=1S/C28H31N3O2/c1-25(2)14-9-10-26(25,3)16(12-14)29-23(32)30-21-17-18-20-19(17)27(21)11-8-13-6-4-5-7-15(13)28(20,27)22(18)31(30)24(29)33/h4-7,14,16-22H,8-12H2,1-3H3/t14-,16+,17-,18+,19-,20+,21+,22+,26-,27+,28-/m0/s1. The molecule has 0 amide bonds. The van der Waals surface area contributed by atoms with Gasteiger partial charge >= 0.3 is 11.4 Å². The number of rotatable bonds is 1. The van der Waals surface area contributed by atoms with E-state index in [9.17, 15) is 9.59 Å². The maximum atomic E-state index is 14.2. The van der Waals surface area contributed by atoms with Crippen LogP contribution in [0, 0.1) is 45.8 Å². The molecule has 11 atom stereocenters. The summed E-state index contributed by atoms with van der Waals surface area (Å²) in [5, 5.41) is 0. The predicted octanol–water partition coefficient (Wildman–Crippen LogP) is 3.68. The second-order valence-electron chi connectivity index (χ2n) is 13.9. The van der Waals surface area contributed by atoms with Crippen LogP contribution in [0.25, 0.3) is 0 Å². The average molecular weight is 442 g/mol. The minimum absolute atomic E-state index is 0.0165. The van der Waals surface area contributed by atoms with Gasteiger partial charge in [-0.3, -0.25) is 0 Å². The Bertz CT molecular complexity index is 1480. The van der Waals surface area contributed by atoms with Crippen LogP contribution in [0.1, 0.15) is 75.7 Å². The maximum Gasteiger partial charge on any atom is 0.347 e. The molecule has 0 radical (unpaired) electrons. The van der Waals surface area contributed by atoms with Crippen molar-refractivity contribution in [2.45, 2.75) is 76.4 Å². The van der Waals surface area contributed by atoms with E-state index in [0.717, 1.165) is 31.1 Å². The molecule has 11 rings (SSSR count). The van der Waals surface area contributed by atoms with Crippen molar-refractivity contribution in [3.8, 4) is 0 Å². The van der Waals surface area contributed by atoms with Gasteiger partial charge in [-0.15, -0.1) is 0 Å². The molecule has 0 N–H and O–H groups in total. The van der Waals surface area contributed by atoms with Crippen LogP contribution in [0.15, 0.2) is 33.9 Å². The Balaban J connectivity index is 1.24. The molecule has 1 aromatic carbocycles. The van der Waals surface area contributed by atoms with Crippen LogP contribution < -0.4 is 11.4 Å². The van der Waals surface area contributed by atoms with Crippen molar-refractivity contribution in [2.75, 3.05) is 0 Å². The molecule has 0 saturated heterocycles. The fraction of sp³-hybridized carbons (Fsp3) is 0.714. The summed E-state index contributed by atoms with van der Waals surface area (Å²) in [6, 6.07) is 9.60. The Morgan fingerprint density at radius 2 is 1.64 bits per heavy atom. The van der Waals surface area contributed by atoms with Gasteiger partial charge in [0, 0.05) is 16.9 Å². The topological polar surface area (TPSA) is 48.9 Å². The van der Waals surface area contributed by atoms with Gasteiger partial charge < -0.3 is 0 Å². The van der Waals surface area contributed by atoms with Gasteiger partial charge in [-0.05, 0) is 83.7 Å². The van der Waals surface area contributed by atoms with Crippen molar-refractivity contribution < 1.29 is 0 Å². The fourth-order valence-corrected chi connectivity index (χ4v) is 12.8. The molecule has 6 fully saturated rings. The van der Waals surface area contributed by atoms with Crippen LogP contribution in [0.4, 0.5) is 0 Å². The first-order valence-electron chi connectivity index (χ1n) is 13.4. The van der Waals surface area contributed by atoms with Crippen molar-refractivity contribution in [2.24, 2.45) is 45.8 Å². The van der Waals surface area contributed by atoms with Crippen molar-refractivity contribution in [1.82, 2.24) is 13.9 Å². The zero-order valence-electron chi connectivity index (χ0n) is 19.6. The lowest BCUT2D eigenvalue weighted by Crippen LogP contribution is -3.02. The summed E-state index contributed by atoms with van der Waals surface area (Å²) in [5.41, 5.74) is 3.69. The van der Waals surface area contributed by atoms with E-state index < -0.39 is 0 Å². The fourth-order valence-electron chi connectivity index (χ4n) is 12.8. The molecule has 2 aliphatic heterocycles. The molecule has 7 aliphatic carbocycles. The van der Waals surface area contributed by atoms with Gasteiger partial charge in [-0.2, -0.15) is 0 Å². The zero-order valence-corrected chi connectivity index (χ0v) is 19.6. The first-order valence-corrected chi connectivity index (χ1v) is 13.4. The summed E-state index contributed by atoms with van der Waals surface area (Å²) in [7, 11) is 0. The highest BCUT2D eigenvalue weighted by Gasteiger charge is 3.03. The molecule has 0 unspecified atom stereocenters. The van der Waals surface area contributed by atoms with E-state index in [0.29, 0.717) is 17.8 Å². The second-order valence-corrected chi connectivity index (χ2v) is 13.9. The maximum absolute atomic E-state index is 14.2. The van der Waals surface area contributed by atoms with Crippen LogP contribution in [0.2, 0.25) is 0 Å². The number of hydrogen-bond donors (Lipinski definition) is 0. The molecule has 2 aromatic rings. The van der Waals surface area contributed by atoms with Crippen molar-refractivity contribution in [3.05, 3.63) is 56.4 Å². The molecule has 6 saturated carbocycles.